The van der Waals surface area contributed by atoms with Gasteiger partial charge in [-0.15, -0.1) is 0 Å². The van der Waals surface area contributed by atoms with E-state index in [9.17, 15) is 4.79 Å². The van der Waals surface area contributed by atoms with Crippen molar-refractivity contribution in [3.05, 3.63) is 52.5 Å². The van der Waals surface area contributed by atoms with Crippen LogP contribution in [0.1, 0.15) is 10.4 Å². The van der Waals surface area contributed by atoms with Gasteiger partial charge in [-0.1, -0.05) is 6.07 Å². The third-order valence-electron chi connectivity index (χ3n) is 2.56. The van der Waals surface area contributed by atoms with Gasteiger partial charge in [0.1, 0.15) is 5.75 Å². The Morgan fingerprint density at radius 3 is 2.74 bits per heavy atom. The van der Waals surface area contributed by atoms with Crippen molar-refractivity contribution >= 4 is 33.2 Å². The molecule has 0 radical (unpaired) electrons. The van der Waals surface area contributed by atoms with Crippen LogP contribution in [0.5, 0.6) is 5.75 Å². The van der Waals surface area contributed by atoms with Crippen LogP contribution in [-0.2, 0) is 0 Å². The van der Waals surface area contributed by atoms with Gasteiger partial charge in [-0.3, -0.25) is 4.79 Å². The van der Waals surface area contributed by atoms with Crippen molar-refractivity contribution in [1.82, 2.24) is 0 Å². The van der Waals surface area contributed by atoms with Gasteiger partial charge < -0.3 is 15.8 Å². The number of amides is 1. The van der Waals surface area contributed by atoms with Crippen molar-refractivity contribution in [1.29, 1.82) is 0 Å². The quantitative estimate of drug-likeness (QED) is 0.853. The van der Waals surface area contributed by atoms with Gasteiger partial charge in [0.15, 0.2) is 0 Å². The molecule has 3 N–H and O–H groups in total. The van der Waals surface area contributed by atoms with Crippen molar-refractivity contribution in [2.45, 2.75) is 0 Å². The molecular formula is C14H13BrN2O2. The number of nitrogen functional groups attached to an aromatic ring is 1. The number of anilines is 2. The van der Waals surface area contributed by atoms with Crippen molar-refractivity contribution in [3.8, 4) is 5.75 Å². The van der Waals surface area contributed by atoms with Gasteiger partial charge in [0.25, 0.3) is 5.91 Å². The first kappa shape index (κ1) is 13.4. The molecule has 0 unspecified atom stereocenters. The second kappa shape index (κ2) is 5.75. The summed E-state index contributed by atoms with van der Waals surface area (Å²) in [6.07, 6.45) is 0. The summed E-state index contributed by atoms with van der Waals surface area (Å²) in [5.74, 6) is 0.400. The average Bonchev–Trinajstić information content (AvgIpc) is 2.39. The zero-order chi connectivity index (χ0) is 13.8. The van der Waals surface area contributed by atoms with E-state index in [1.165, 1.54) is 0 Å². The number of nitrogens with one attached hydrogen (secondary N) is 1. The smallest absolute Gasteiger partial charge is 0.256 e. The maximum atomic E-state index is 12.2. The third-order valence-corrected chi connectivity index (χ3v) is 3.25. The summed E-state index contributed by atoms with van der Waals surface area (Å²) in [6.45, 7) is 0. The Morgan fingerprint density at radius 1 is 1.26 bits per heavy atom. The van der Waals surface area contributed by atoms with Crippen LogP contribution in [0.4, 0.5) is 11.4 Å². The van der Waals surface area contributed by atoms with E-state index in [4.69, 9.17) is 10.5 Å². The lowest BCUT2D eigenvalue weighted by atomic mass is 10.2. The lowest BCUT2D eigenvalue weighted by molar-refractivity contribution is 0.102. The minimum Gasteiger partial charge on any atom is -0.497 e. The van der Waals surface area contributed by atoms with Gasteiger partial charge >= 0.3 is 0 Å². The Labute approximate surface area is 119 Å². The summed E-state index contributed by atoms with van der Waals surface area (Å²) in [4.78, 5) is 12.2. The zero-order valence-electron chi connectivity index (χ0n) is 10.3. The van der Waals surface area contributed by atoms with E-state index >= 15 is 0 Å². The number of nitrogens with two attached hydrogens (primary N) is 1. The maximum absolute atomic E-state index is 12.2. The Morgan fingerprint density at radius 2 is 2.05 bits per heavy atom. The van der Waals surface area contributed by atoms with E-state index in [1.807, 2.05) is 0 Å². The molecule has 4 nitrogen and oxygen atoms in total. The monoisotopic (exact) mass is 320 g/mol. The summed E-state index contributed by atoms with van der Waals surface area (Å²) in [5, 5.41) is 2.79. The highest BCUT2D eigenvalue weighted by atomic mass is 79.9. The molecule has 0 heterocycles. The van der Waals surface area contributed by atoms with Crippen LogP contribution in [-0.4, -0.2) is 13.0 Å². The molecule has 0 saturated heterocycles. The molecule has 5 heteroatoms. The highest BCUT2D eigenvalue weighted by Gasteiger charge is 2.11. The minimum atomic E-state index is -0.226. The Hall–Kier alpha value is -2.01. The van der Waals surface area contributed by atoms with E-state index in [1.54, 1.807) is 49.6 Å². The fourth-order valence-electron chi connectivity index (χ4n) is 1.62. The minimum absolute atomic E-state index is 0.226. The van der Waals surface area contributed by atoms with E-state index in [0.717, 1.165) is 0 Å². The van der Waals surface area contributed by atoms with Crippen LogP contribution in [0.3, 0.4) is 0 Å². The average molecular weight is 321 g/mol. The number of rotatable bonds is 3. The van der Waals surface area contributed by atoms with Crippen molar-refractivity contribution < 1.29 is 9.53 Å². The molecule has 0 bridgehead atoms. The summed E-state index contributed by atoms with van der Waals surface area (Å²) < 4.78 is 5.81. The van der Waals surface area contributed by atoms with Gasteiger partial charge in [-0.05, 0) is 52.3 Å². The molecule has 98 valence electrons. The van der Waals surface area contributed by atoms with Crippen LogP contribution >= 0.6 is 15.9 Å². The first-order chi connectivity index (χ1) is 9.10. The molecule has 0 spiro atoms. The molecule has 0 aliphatic rings. The molecule has 2 rings (SSSR count). The lowest BCUT2D eigenvalue weighted by Gasteiger charge is -2.09. The van der Waals surface area contributed by atoms with E-state index in [2.05, 4.69) is 21.2 Å². The molecule has 0 saturated carbocycles. The van der Waals surface area contributed by atoms with Crippen molar-refractivity contribution in [2.24, 2.45) is 0 Å². The van der Waals surface area contributed by atoms with Crippen molar-refractivity contribution in [3.63, 3.8) is 0 Å². The molecule has 2 aromatic carbocycles. The fraction of sp³-hybridized carbons (Fsp3) is 0.0714. The van der Waals surface area contributed by atoms with Crippen molar-refractivity contribution in [2.75, 3.05) is 18.2 Å². The van der Waals surface area contributed by atoms with Gasteiger partial charge in [0.05, 0.1) is 12.7 Å². The van der Waals surface area contributed by atoms with Crippen LogP contribution in [0, 0.1) is 0 Å². The first-order valence-corrected chi connectivity index (χ1v) is 6.40. The molecule has 0 aliphatic heterocycles. The lowest BCUT2D eigenvalue weighted by Crippen LogP contribution is -2.12. The molecule has 0 fully saturated rings. The SMILES string of the molecule is COc1ccc(Br)c(C(=O)Nc2cccc(N)c2)c1. The zero-order valence-corrected chi connectivity index (χ0v) is 11.9. The predicted octanol–water partition coefficient (Wildman–Crippen LogP) is 3.29. The molecule has 1 amide bonds. The second-order valence-electron chi connectivity index (χ2n) is 3.93. The van der Waals surface area contributed by atoms with E-state index < -0.39 is 0 Å². The van der Waals surface area contributed by atoms with Gasteiger partial charge in [-0.2, -0.15) is 0 Å². The number of carbonyl (C=O) groups excluding carboxylic acids is 1. The van der Waals surface area contributed by atoms with Gasteiger partial charge in [0, 0.05) is 15.8 Å². The topological polar surface area (TPSA) is 64.3 Å². The normalized spacial score (nSPS) is 10.0. The predicted molar refractivity (Wildman–Crippen MR) is 79.5 cm³/mol. The van der Waals surface area contributed by atoms with Crippen LogP contribution < -0.4 is 15.8 Å². The summed E-state index contributed by atoms with van der Waals surface area (Å²) in [7, 11) is 1.56. The Kier molecular flexibility index (Phi) is 4.06. The van der Waals surface area contributed by atoms with Crippen LogP contribution in [0.2, 0.25) is 0 Å². The highest BCUT2D eigenvalue weighted by molar-refractivity contribution is 9.10. The Balaban J connectivity index is 2.25. The van der Waals surface area contributed by atoms with Crippen LogP contribution in [0.25, 0.3) is 0 Å². The van der Waals surface area contributed by atoms with E-state index in [-0.39, 0.29) is 5.91 Å². The van der Waals surface area contributed by atoms with Gasteiger partial charge in [-0.25, -0.2) is 0 Å². The highest BCUT2D eigenvalue weighted by Crippen LogP contribution is 2.23. The number of hydrogen-bond donors (Lipinski definition) is 2. The first-order valence-electron chi connectivity index (χ1n) is 5.60. The maximum Gasteiger partial charge on any atom is 0.256 e. The summed E-state index contributed by atoms with van der Waals surface area (Å²) in [6, 6.07) is 12.2. The largest absolute Gasteiger partial charge is 0.497 e. The number of halogens is 1. The molecule has 0 aliphatic carbocycles. The molecule has 0 aromatic heterocycles. The standard InChI is InChI=1S/C14H13BrN2O2/c1-19-11-5-6-13(15)12(8-11)14(18)17-10-4-2-3-9(16)7-10/h2-8H,16H2,1H3,(H,17,18). The number of carbonyl (C=O) groups is 1. The molecular weight excluding hydrogens is 308 g/mol. The summed E-state index contributed by atoms with van der Waals surface area (Å²) >= 11 is 3.35. The number of ether oxygens (including phenoxy) is 1. The number of benzene rings is 2. The fourth-order valence-corrected chi connectivity index (χ4v) is 2.05. The molecule has 19 heavy (non-hydrogen) atoms. The Bertz CT molecular complexity index is 614. The third kappa shape index (κ3) is 3.26. The molecule has 0 atom stereocenters. The molecule has 2 aromatic rings. The number of hydrogen-bond acceptors (Lipinski definition) is 3. The van der Waals surface area contributed by atoms with E-state index in [0.29, 0.717) is 27.2 Å². The second-order valence-corrected chi connectivity index (χ2v) is 4.78. The number of methoxy groups -OCH3 is 1. The van der Waals surface area contributed by atoms with Crippen LogP contribution in [0.15, 0.2) is 46.9 Å². The van der Waals surface area contributed by atoms with Gasteiger partial charge in [0.2, 0.25) is 0 Å². The summed E-state index contributed by atoms with van der Waals surface area (Å²) in [5.41, 5.74) is 7.42.